The van der Waals surface area contributed by atoms with Gasteiger partial charge in [-0.3, -0.25) is 0 Å². The number of benzene rings is 2. The molecule has 106 valence electrons. The van der Waals surface area contributed by atoms with Gasteiger partial charge in [0, 0.05) is 31.9 Å². The Balaban J connectivity index is 2.24. The van der Waals surface area contributed by atoms with Crippen molar-refractivity contribution in [2.24, 2.45) is 5.73 Å². The average molecular weight is 274 g/mol. The van der Waals surface area contributed by atoms with E-state index < -0.39 is 5.82 Å². The molecule has 0 aliphatic heterocycles. The molecule has 3 nitrogen and oxygen atoms in total. The summed E-state index contributed by atoms with van der Waals surface area (Å²) in [5, 5.41) is 0. The predicted molar refractivity (Wildman–Crippen MR) is 79.8 cm³/mol. The second kappa shape index (κ2) is 5.92. The van der Waals surface area contributed by atoms with E-state index in [1.807, 2.05) is 44.1 Å². The van der Waals surface area contributed by atoms with Crippen LogP contribution in [0.15, 0.2) is 42.5 Å². The minimum absolute atomic E-state index is 0.199. The van der Waals surface area contributed by atoms with Gasteiger partial charge in [-0.15, -0.1) is 0 Å². The number of hydrogen-bond donors (Lipinski definition) is 1. The molecule has 20 heavy (non-hydrogen) atoms. The van der Waals surface area contributed by atoms with E-state index in [2.05, 4.69) is 0 Å². The van der Waals surface area contributed by atoms with Gasteiger partial charge in [0.2, 0.25) is 0 Å². The molecule has 0 spiro atoms. The van der Waals surface area contributed by atoms with Gasteiger partial charge in [-0.05, 0) is 36.8 Å². The van der Waals surface area contributed by atoms with Crippen LogP contribution in [0, 0.1) is 5.82 Å². The maximum Gasteiger partial charge on any atom is 0.166 e. The standard InChI is InChI=1S/C16H19FN2O/c1-11(18)12-7-8-16(15(17)9-12)20-14-6-4-5-13(10-14)19(2)3/h4-11H,18H2,1-3H3/t11-/m1/s1. The molecule has 2 rings (SSSR count). The van der Waals surface area contributed by atoms with Gasteiger partial charge in [0.15, 0.2) is 11.6 Å². The topological polar surface area (TPSA) is 38.5 Å². The normalized spacial score (nSPS) is 12.1. The third-order valence-corrected chi connectivity index (χ3v) is 3.04. The van der Waals surface area contributed by atoms with Crippen LogP contribution in [0.5, 0.6) is 11.5 Å². The molecule has 0 bridgehead atoms. The van der Waals surface area contributed by atoms with Gasteiger partial charge in [-0.25, -0.2) is 4.39 Å². The largest absolute Gasteiger partial charge is 0.454 e. The SMILES string of the molecule is C[C@@H](N)c1ccc(Oc2cccc(N(C)C)c2)c(F)c1. The summed E-state index contributed by atoms with van der Waals surface area (Å²) in [4.78, 5) is 1.96. The maximum atomic E-state index is 14.0. The van der Waals surface area contributed by atoms with Crippen molar-refractivity contribution in [3.8, 4) is 11.5 Å². The van der Waals surface area contributed by atoms with Crippen molar-refractivity contribution in [2.75, 3.05) is 19.0 Å². The molecular weight excluding hydrogens is 255 g/mol. The summed E-state index contributed by atoms with van der Waals surface area (Å²) in [6, 6.07) is 12.1. The molecule has 0 fully saturated rings. The van der Waals surface area contributed by atoms with Gasteiger partial charge in [0.1, 0.15) is 5.75 Å². The minimum atomic E-state index is -0.407. The number of ether oxygens (including phenoxy) is 1. The van der Waals surface area contributed by atoms with Crippen molar-refractivity contribution in [1.82, 2.24) is 0 Å². The first-order chi connectivity index (χ1) is 9.47. The van der Waals surface area contributed by atoms with E-state index in [1.54, 1.807) is 18.2 Å². The van der Waals surface area contributed by atoms with Crippen molar-refractivity contribution in [1.29, 1.82) is 0 Å². The van der Waals surface area contributed by atoms with E-state index in [0.29, 0.717) is 5.75 Å². The van der Waals surface area contributed by atoms with E-state index >= 15 is 0 Å². The van der Waals surface area contributed by atoms with Gasteiger partial charge in [0.05, 0.1) is 0 Å². The van der Waals surface area contributed by atoms with Crippen LogP contribution in [0.1, 0.15) is 18.5 Å². The van der Waals surface area contributed by atoms with Crippen LogP contribution in [0.3, 0.4) is 0 Å². The van der Waals surface area contributed by atoms with E-state index in [4.69, 9.17) is 10.5 Å². The fourth-order valence-corrected chi connectivity index (χ4v) is 1.84. The van der Waals surface area contributed by atoms with Gasteiger partial charge in [0.25, 0.3) is 0 Å². The molecule has 2 N–H and O–H groups in total. The number of rotatable bonds is 4. The minimum Gasteiger partial charge on any atom is -0.454 e. The van der Waals surface area contributed by atoms with Crippen molar-refractivity contribution < 1.29 is 9.13 Å². The Bertz CT molecular complexity index is 597. The number of hydrogen-bond acceptors (Lipinski definition) is 3. The molecule has 1 atom stereocenters. The number of halogens is 1. The molecule has 0 amide bonds. The molecule has 0 saturated heterocycles. The maximum absolute atomic E-state index is 14.0. The van der Waals surface area contributed by atoms with Gasteiger partial charge in [-0.1, -0.05) is 12.1 Å². The lowest BCUT2D eigenvalue weighted by molar-refractivity contribution is 0.441. The summed E-state index contributed by atoms with van der Waals surface area (Å²) in [6.07, 6.45) is 0. The second-order valence-electron chi connectivity index (χ2n) is 4.97. The third kappa shape index (κ3) is 3.27. The number of nitrogens with zero attached hydrogens (tertiary/aromatic N) is 1. The Morgan fingerprint density at radius 2 is 1.90 bits per heavy atom. The van der Waals surface area contributed by atoms with E-state index in [9.17, 15) is 4.39 Å². The summed E-state index contributed by atoms with van der Waals surface area (Å²) in [5.41, 5.74) is 7.47. The van der Waals surface area contributed by atoms with E-state index in [1.165, 1.54) is 6.07 Å². The van der Waals surface area contributed by atoms with Crippen LogP contribution < -0.4 is 15.4 Å². The number of nitrogens with two attached hydrogens (primary N) is 1. The van der Waals surface area contributed by atoms with Crippen molar-refractivity contribution in [3.05, 3.63) is 53.8 Å². The first kappa shape index (κ1) is 14.3. The van der Waals surface area contributed by atoms with Crippen LogP contribution in [-0.2, 0) is 0 Å². The van der Waals surface area contributed by atoms with Crippen LogP contribution >= 0.6 is 0 Å². The molecule has 0 aliphatic carbocycles. The molecule has 4 heteroatoms. The highest BCUT2D eigenvalue weighted by atomic mass is 19.1. The molecule has 0 radical (unpaired) electrons. The van der Waals surface area contributed by atoms with Gasteiger partial charge < -0.3 is 15.4 Å². The Kier molecular flexibility index (Phi) is 4.25. The molecular formula is C16H19FN2O. The fourth-order valence-electron chi connectivity index (χ4n) is 1.84. The highest BCUT2D eigenvalue weighted by Crippen LogP contribution is 2.28. The van der Waals surface area contributed by atoms with Crippen molar-refractivity contribution in [3.63, 3.8) is 0 Å². The molecule has 0 heterocycles. The highest BCUT2D eigenvalue weighted by Gasteiger charge is 2.09. The molecule has 2 aromatic carbocycles. The molecule has 0 saturated carbocycles. The monoisotopic (exact) mass is 274 g/mol. The summed E-state index contributed by atoms with van der Waals surface area (Å²) in [5.74, 6) is 0.393. The lowest BCUT2D eigenvalue weighted by atomic mass is 10.1. The smallest absolute Gasteiger partial charge is 0.166 e. The molecule has 0 aromatic heterocycles. The van der Waals surface area contributed by atoms with Crippen molar-refractivity contribution in [2.45, 2.75) is 13.0 Å². The zero-order valence-corrected chi connectivity index (χ0v) is 11.9. The van der Waals surface area contributed by atoms with E-state index in [0.717, 1.165) is 11.3 Å². The third-order valence-electron chi connectivity index (χ3n) is 3.04. The fraction of sp³-hybridized carbons (Fsp3) is 0.250. The average Bonchev–Trinajstić information content (AvgIpc) is 2.41. The lowest BCUT2D eigenvalue weighted by Gasteiger charge is -2.14. The Morgan fingerprint density at radius 3 is 2.50 bits per heavy atom. The van der Waals surface area contributed by atoms with Crippen LogP contribution in [0.4, 0.5) is 10.1 Å². The molecule has 0 unspecified atom stereocenters. The zero-order chi connectivity index (χ0) is 14.7. The van der Waals surface area contributed by atoms with Gasteiger partial charge in [-0.2, -0.15) is 0 Å². The summed E-state index contributed by atoms with van der Waals surface area (Å²) in [6.45, 7) is 1.82. The molecule has 2 aromatic rings. The van der Waals surface area contributed by atoms with E-state index in [-0.39, 0.29) is 11.8 Å². The first-order valence-corrected chi connectivity index (χ1v) is 6.47. The molecule has 0 aliphatic rings. The van der Waals surface area contributed by atoms with Crippen LogP contribution in [-0.4, -0.2) is 14.1 Å². The predicted octanol–water partition coefficient (Wildman–Crippen LogP) is 3.70. The van der Waals surface area contributed by atoms with Crippen molar-refractivity contribution >= 4 is 5.69 Å². The summed E-state index contributed by atoms with van der Waals surface area (Å²) >= 11 is 0. The van der Waals surface area contributed by atoms with Crippen LogP contribution in [0.25, 0.3) is 0 Å². The second-order valence-corrected chi connectivity index (χ2v) is 4.97. The highest BCUT2D eigenvalue weighted by molar-refractivity contribution is 5.50. The lowest BCUT2D eigenvalue weighted by Crippen LogP contribution is -2.08. The van der Waals surface area contributed by atoms with Crippen LogP contribution in [0.2, 0.25) is 0 Å². The Morgan fingerprint density at radius 1 is 1.15 bits per heavy atom. The number of anilines is 1. The Hall–Kier alpha value is -2.07. The first-order valence-electron chi connectivity index (χ1n) is 6.47. The Labute approximate surface area is 118 Å². The summed E-state index contributed by atoms with van der Waals surface area (Å²) in [7, 11) is 3.88. The quantitative estimate of drug-likeness (QED) is 0.923. The zero-order valence-electron chi connectivity index (χ0n) is 11.9. The summed E-state index contributed by atoms with van der Waals surface area (Å²) < 4.78 is 19.6. The van der Waals surface area contributed by atoms with Gasteiger partial charge >= 0.3 is 0 Å².